The molecule has 2 rings (SSSR count). The van der Waals surface area contributed by atoms with E-state index < -0.39 is 0 Å². The molecular weight excluding hydrogens is 202 g/mol. The smallest absolute Gasteiger partial charge is 0.0593 e. The first kappa shape index (κ1) is 15.9. The second-order valence-corrected chi connectivity index (χ2v) is 3.90. The lowest BCUT2D eigenvalue weighted by Gasteiger charge is -2.55. The molecule has 0 saturated carbocycles. The Bertz CT molecular complexity index is 150. The van der Waals surface area contributed by atoms with Gasteiger partial charge < -0.3 is 9.47 Å². The van der Waals surface area contributed by atoms with Crippen molar-refractivity contribution in [3.8, 4) is 0 Å². The minimum Gasteiger partial charge on any atom is -0.380 e. The van der Waals surface area contributed by atoms with Gasteiger partial charge >= 0.3 is 0 Å². The van der Waals surface area contributed by atoms with Crippen LogP contribution < -0.4 is 0 Å². The first-order chi connectivity index (χ1) is 7.85. The molecule has 2 saturated heterocycles. The lowest BCUT2D eigenvalue weighted by atomic mass is 9.78. The van der Waals surface area contributed by atoms with Gasteiger partial charge in [-0.2, -0.15) is 0 Å². The molecule has 0 aromatic rings. The molecule has 0 aromatic heterocycles. The Morgan fingerprint density at radius 2 is 1.69 bits per heavy atom. The zero-order chi connectivity index (χ0) is 12.4. The Labute approximate surface area is 101 Å². The highest BCUT2D eigenvalue weighted by molar-refractivity contribution is 4.99. The van der Waals surface area contributed by atoms with E-state index in [1.165, 1.54) is 13.1 Å². The summed E-state index contributed by atoms with van der Waals surface area (Å²) in [5, 5.41) is 0. The molecule has 0 bridgehead atoms. The van der Waals surface area contributed by atoms with Crippen LogP contribution in [0.3, 0.4) is 0 Å². The average Bonchev–Trinajstić information content (AvgIpc) is 2.25. The molecule has 2 aliphatic heterocycles. The van der Waals surface area contributed by atoms with Gasteiger partial charge in [-0.05, 0) is 6.92 Å². The van der Waals surface area contributed by atoms with Crippen LogP contribution in [0.1, 0.15) is 34.6 Å². The van der Waals surface area contributed by atoms with Gasteiger partial charge in [0.15, 0.2) is 0 Å². The molecule has 0 radical (unpaired) electrons. The van der Waals surface area contributed by atoms with Crippen LogP contribution in [0, 0.1) is 5.41 Å². The Kier molecular flexibility index (Phi) is 8.90. The fraction of sp³-hybridized carbons (Fsp3) is 1.00. The van der Waals surface area contributed by atoms with E-state index in [1.807, 2.05) is 34.6 Å². The van der Waals surface area contributed by atoms with Crippen LogP contribution in [0.15, 0.2) is 0 Å². The fourth-order valence-corrected chi connectivity index (χ4v) is 1.97. The molecule has 0 N–H and O–H groups in total. The molecule has 3 nitrogen and oxygen atoms in total. The number of ether oxygens (including phenoxy) is 2. The summed E-state index contributed by atoms with van der Waals surface area (Å²) in [4.78, 5) is 2.44. The molecular formula is C13H29NO2. The quantitative estimate of drug-likeness (QED) is 0.694. The summed E-state index contributed by atoms with van der Waals surface area (Å²) in [6.45, 7) is 17.3. The molecule has 3 heteroatoms. The van der Waals surface area contributed by atoms with Crippen molar-refractivity contribution in [3.05, 3.63) is 0 Å². The topological polar surface area (TPSA) is 21.7 Å². The number of likely N-dealkylation sites (tertiary alicyclic amines) is 1. The van der Waals surface area contributed by atoms with Crippen molar-refractivity contribution >= 4 is 0 Å². The van der Waals surface area contributed by atoms with Gasteiger partial charge in [-0.15, -0.1) is 0 Å². The maximum Gasteiger partial charge on any atom is 0.0593 e. The Morgan fingerprint density at radius 3 is 2.06 bits per heavy atom. The first-order valence-electron chi connectivity index (χ1n) is 6.72. The molecule has 0 atom stereocenters. The second kappa shape index (κ2) is 8.97. The van der Waals surface area contributed by atoms with E-state index in [4.69, 9.17) is 9.47 Å². The highest BCUT2D eigenvalue weighted by atomic mass is 16.5. The lowest BCUT2D eigenvalue weighted by Crippen LogP contribution is -2.66. The van der Waals surface area contributed by atoms with E-state index >= 15 is 0 Å². The summed E-state index contributed by atoms with van der Waals surface area (Å²) in [7, 11) is 0. The maximum absolute atomic E-state index is 5.29. The normalized spacial score (nSPS) is 20.8. The van der Waals surface area contributed by atoms with Crippen LogP contribution in [-0.2, 0) is 9.47 Å². The molecule has 2 aliphatic rings. The predicted molar refractivity (Wildman–Crippen MR) is 68.9 cm³/mol. The zero-order valence-electron chi connectivity index (χ0n) is 11.7. The van der Waals surface area contributed by atoms with Crippen LogP contribution in [0.5, 0.6) is 0 Å². The van der Waals surface area contributed by atoms with E-state index in [2.05, 4.69) is 4.90 Å². The van der Waals surface area contributed by atoms with E-state index in [-0.39, 0.29) is 0 Å². The largest absolute Gasteiger partial charge is 0.380 e. The molecule has 1 spiro atoms. The molecule has 98 valence electrons. The Morgan fingerprint density at radius 1 is 1.12 bits per heavy atom. The molecule has 2 fully saturated rings. The number of hydrogen-bond acceptors (Lipinski definition) is 3. The van der Waals surface area contributed by atoms with Crippen molar-refractivity contribution in [2.75, 3.05) is 46.1 Å². The number of nitrogens with zero attached hydrogens (tertiary/aromatic N) is 1. The average molecular weight is 231 g/mol. The van der Waals surface area contributed by atoms with Crippen molar-refractivity contribution < 1.29 is 9.47 Å². The SMILES string of the molecule is CC.CC.CCOCCN1CC2(COC2)C1. The summed E-state index contributed by atoms with van der Waals surface area (Å²) < 4.78 is 10.5. The third kappa shape index (κ3) is 4.40. The lowest BCUT2D eigenvalue weighted by molar-refractivity contribution is -0.190. The Hall–Kier alpha value is -0.120. The van der Waals surface area contributed by atoms with Crippen molar-refractivity contribution in [1.82, 2.24) is 4.90 Å². The zero-order valence-corrected chi connectivity index (χ0v) is 11.7. The van der Waals surface area contributed by atoms with Crippen molar-refractivity contribution in [3.63, 3.8) is 0 Å². The minimum atomic E-state index is 0.562. The van der Waals surface area contributed by atoms with E-state index in [9.17, 15) is 0 Å². The van der Waals surface area contributed by atoms with Gasteiger partial charge in [0.2, 0.25) is 0 Å². The second-order valence-electron chi connectivity index (χ2n) is 3.90. The summed E-state index contributed by atoms with van der Waals surface area (Å²) in [5.74, 6) is 0. The monoisotopic (exact) mass is 231 g/mol. The molecule has 0 amide bonds. The van der Waals surface area contributed by atoms with Gasteiger partial charge in [0, 0.05) is 31.7 Å². The molecule has 0 unspecified atom stereocenters. The molecule has 2 heterocycles. The van der Waals surface area contributed by atoms with Crippen molar-refractivity contribution in [2.45, 2.75) is 34.6 Å². The van der Waals surface area contributed by atoms with Gasteiger partial charge in [0.05, 0.1) is 19.8 Å². The van der Waals surface area contributed by atoms with Crippen LogP contribution in [0.4, 0.5) is 0 Å². The number of rotatable bonds is 4. The van der Waals surface area contributed by atoms with E-state index in [0.717, 1.165) is 33.0 Å². The standard InChI is InChI=1S/C9H17NO2.2C2H6/c1-2-11-4-3-10-5-9(6-10)7-12-8-9;2*1-2/h2-8H2,1H3;2*1-2H3. The first-order valence-corrected chi connectivity index (χ1v) is 6.72. The summed E-state index contributed by atoms with van der Waals surface area (Å²) >= 11 is 0. The van der Waals surface area contributed by atoms with E-state index in [0.29, 0.717) is 5.41 Å². The third-order valence-corrected chi connectivity index (χ3v) is 2.69. The highest BCUT2D eigenvalue weighted by Crippen LogP contribution is 2.36. The molecule has 16 heavy (non-hydrogen) atoms. The third-order valence-electron chi connectivity index (χ3n) is 2.69. The molecule has 0 aromatic carbocycles. The number of hydrogen-bond donors (Lipinski definition) is 0. The highest BCUT2D eigenvalue weighted by Gasteiger charge is 2.48. The van der Waals surface area contributed by atoms with Gasteiger partial charge in [-0.25, -0.2) is 0 Å². The van der Waals surface area contributed by atoms with Crippen molar-refractivity contribution in [1.29, 1.82) is 0 Å². The summed E-state index contributed by atoms with van der Waals surface area (Å²) in [5.41, 5.74) is 0.562. The minimum absolute atomic E-state index is 0.562. The van der Waals surface area contributed by atoms with Crippen LogP contribution in [0.2, 0.25) is 0 Å². The molecule has 0 aliphatic carbocycles. The fourth-order valence-electron chi connectivity index (χ4n) is 1.97. The summed E-state index contributed by atoms with van der Waals surface area (Å²) in [6, 6.07) is 0. The maximum atomic E-state index is 5.29. The van der Waals surface area contributed by atoms with E-state index in [1.54, 1.807) is 0 Å². The van der Waals surface area contributed by atoms with Gasteiger partial charge in [0.1, 0.15) is 0 Å². The predicted octanol–water partition coefficient (Wildman–Crippen LogP) is 2.41. The summed E-state index contributed by atoms with van der Waals surface area (Å²) in [6.07, 6.45) is 0. The van der Waals surface area contributed by atoms with Crippen LogP contribution >= 0.6 is 0 Å². The van der Waals surface area contributed by atoms with Gasteiger partial charge in [-0.1, -0.05) is 27.7 Å². The van der Waals surface area contributed by atoms with Crippen LogP contribution in [-0.4, -0.2) is 51.0 Å². The van der Waals surface area contributed by atoms with Gasteiger partial charge in [-0.3, -0.25) is 4.90 Å². The van der Waals surface area contributed by atoms with Crippen molar-refractivity contribution in [2.24, 2.45) is 5.41 Å². The van der Waals surface area contributed by atoms with Gasteiger partial charge in [0.25, 0.3) is 0 Å². The van der Waals surface area contributed by atoms with Crippen LogP contribution in [0.25, 0.3) is 0 Å². The Balaban J connectivity index is 0.000000509.